The number of hydrogen-bond acceptors (Lipinski definition) is 3. The first-order valence-corrected chi connectivity index (χ1v) is 10.6. The van der Waals surface area contributed by atoms with Gasteiger partial charge in [0.1, 0.15) is 23.9 Å². The van der Waals surface area contributed by atoms with Gasteiger partial charge in [0, 0.05) is 40.8 Å². The Morgan fingerprint density at radius 2 is 1.88 bits per heavy atom. The molecule has 0 unspecified atom stereocenters. The van der Waals surface area contributed by atoms with Gasteiger partial charge in [-0.05, 0) is 43.7 Å². The molecular formula is C27H22FNO3. The highest BCUT2D eigenvalue weighted by molar-refractivity contribution is 6.16. The van der Waals surface area contributed by atoms with Crippen LogP contribution in [0.25, 0.3) is 17.0 Å². The molecule has 0 saturated heterocycles. The number of para-hydroxylation sites is 1. The van der Waals surface area contributed by atoms with E-state index in [0.717, 1.165) is 28.6 Å². The molecule has 2 heterocycles. The molecule has 0 saturated carbocycles. The minimum atomic E-state index is -0.312. The molecule has 0 atom stereocenters. The molecule has 3 aromatic carbocycles. The van der Waals surface area contributed by atoms with Crippen LogP contribution in [-0.4, -0.2) is 10.4 Å². The Morgan fingerprint density at radius 1 is 1.09 bits per heavy atom. The Labute approximate surface area is 185 Å². The number of Topliss-reactive ketones (excluding diaryl/α,β-unsaturated/α-hetero) is 1. The third-order valence-electron chi connectivity index (χ3n) is 5.74. The van der Waals surface area contributed by atoms with Crippen LogP contribution in [0.15, 0.2) is 72.6 Å². The molecule has 1 aliphatic heterocycles. The number of rotatable bonds is 5. The second-order valence-electron chi connectivity index (χ2n) is 7.82. The monoisotopic (exact) mass is 427 g/mol. The molecule has 5 heteroatoms. The predicted octanol–water partition coefficient (Wildman–Crippen LogP) is 6.30. The fourth-order valence-corrected chi connectivity index (χ4v) is 4.13. The standard InChI is InChI=1S/C27H22FNO3/c1-3-29-15-19(21-9-5-7-11-23(21)29)13-25-27(30)26-17(2)12-20(14-24(26)32-25)31-16-18-8-4-6-10-22(18)28/h4-15H,3,16H2,1-2H3/b25-13-. The minimum Gasteiger partial charge on any atom is -0.489 e. The Kier molecular flexibility index (Phi) is 5.02. The van der Waals surface area contributed by atoms with Crippen LogP contribution in [0, 0.1) is 12.7 Å². The quantitative estimate of drug-likeness (QED) is 0.351. The Bertz CT molecular complexity index is 1380. The average Bonchev–Trinajstić information content (AvgIpc) is 3.31. The zero-order valence-electron chi connectivity index (χ0n) is 17.9. The van der Waals surface area contributed by atoms with E-state index in [1.54, 1.807) is 36.4 Å². The van der Waals surface area contributed by atoms with Gasteiger partial charge in [-0.1, -0.05) is 36.4 Å². The summed E-state index contributed by atoms with van der Waals surface area (Å²) in [6.45, 7) is 4.86. The summed E-state index contributed by atoms with van der Waals surface area (Å²) in [5, 5.41) is 1.07. The smallest absolute Gasteiger partial charge is 0.232 e. The average molecular weight is 427 g/mol. The van der Waals surface area contributed by atoms with E-state index in [-0.39, 0.29) is 24.0 Å². The lowest BCUT2D eigenvalue weighted by atomic mass is 10.0. The summed E-state index contributed by atoms with van der Waals surface area (Å²) in [5.74, 6) is 0.818. The zero-order valence-corrected chi connectivity index (χ0v) is 17.9. The van der Waals surface area contributed by atoms with Crippen molar-refractivity contribution >= 4 is 22.8 Å². The Morgan fingerprint density at radius 3 is 2.69 bits per heavy atom. The van der Waals surface area contributed by atoms with Crippen LogP contribution in [0.3, 0.4) is 0 Å². The molecule has 0 bridgehead atoms. The number of halogens is 1. The number of benzene rings is 3. The van der Waals surface area contributed by atoms with E-state index in [0.29, 0.717) is 22.6 Å². The van der Waals surface area contributed by atoms with E-state index in [1.807, 2.05) is 31.3 Å². The first-order valence-electron chi connectivity index (χ1n) is 10.6. The SMILES string of the molecule is CCn1cc(/C=C2\Oc3cc(OCc4ccccc4F)cc(C)c3C2=O)c2ccccc21. The second kappa shape index (κ2) is 8.00. The van der Waals surface area contributed by atoms with Gasteiger partial charge in [0.05, 0.1) is 5.56 Å². The summed E-state index contributed by atoms with van der Waals surface area (Å²) in [7, 11) is 0. The molecule has 0 amide bonds. The van der Waals surface area contributed by atoms with Gasteiger partial charge in [0.15, 0.2) is 5.76 Å². The fraction of sp³-hybridized carbons (Fsp3) is 0.148. The van der Waals surface area contributed by atoms with Gasteiger partial charge in [-0.25, -0.2) is 4.39 Å². The third kappa shape index (κ3) is 3.46. The first-order chi connectivity index (χ1) is 15.5. The number of hydrogen-bond donors (Lipinski definition) is 0. The van der Waals surface area contributed by atoms with Crippen molar-refractivity contribution in [1.82, 2.24) is 4.57 Å². The van der Waals surface area contributed by atoms with Crippen molar-refractivity contribution in [3.8, 4) is 11.5 Å². The number of carbonyl (C=O) groups is 1. The van der Waals surface area contributed by atoms with Crippen molar-refractivity contribution < 1.29 is 18.7 Å². The molecular weight excluding hydrogens is 405 g/mol. The van der Waals surface area contributed by atoms with Crippen molar-refractivity contribution in [1.29, 1.82) is 0 Å². The molecule has 160 valence electrons. The molecule has 0 spiro atoms. The molecule has 0 fully saturated rings. The minimum absolute atomic E-state index is 0.0953. The number of allylic oxidation sites excluding steroid dienone is 1. The van der Waals surface area contributed by atoms with E-state index in [2.05, 4.69) is 17.6 Å². The maximum absolute atomic E-state index is 13.9. The van der Waals surface area contributed by atoms with E-state index < -0.39 is 0 Å². The molecule has 1 aromatic heterocycles. The Hall–Kier alpha value is -3.86. The maximum atomic E-state index is 13.9. The van der Waals surface area contributed by atoms with Gasteiger partial charge in [-0.15, -0.1) is 0 Å². The van der Waals surface area contributed by atoms with Crippen LogP contribution < -0.4 is 9.47 Å². The summed E-state index contributed by atoms with van der Waals surface area (Å²) in [6.07, 6.45) is 3.84. The first kappa shape index (κ1) is 20.1. The summed E-state index contributed by atoms with van der Waals surface area (Å²) in [6, 6.07) is 18.1. The number of ether oxygens (including phenoxy) is 2. The van der Waals surface area contributed by atoms with Crippen molar-refractivity contribution in [2.24, 2.45) is 0 Å². The molecule has 4 aromatic rings. The predicted molar refractivity (Wildman–Crippen MR) is 122 cm³/mol. The second-order valence-corrected chi connectivity index (χ2v) is 7.82. The third-order valence-corrected chi connectivity index (χ3v) is 5.74. The molecule has 1 aliphatic rings. The van der Waals surface area contributed by atoms with E-state index >= 15 is 0 Å². The Balaban J connectivity index is 1.45. The normalized spacial score (nSPS) is 14.1. The maximum Gasteiger partial charge on any atom is 0.232 e. The van der Waals surface area contributed by atoms with Gasteiger partial charge in [-0.2, -0.15) is 0 Å². The van der Waals surface area contributed by atoms with Crippen LogP contribution in [0.4, 0.5) is 4.39 Å². The van der Waals surface area contributed by atoms with Crippen molar-refractivity contribution in [3.63, 3.8) is 0 Å². The number of carbonyl (C=O) groups excluding carboxylic acids is 1. The van der Waals surface area contributed by atoms with Crippen LogP contribution in [0.1, 0.15) is 34.0 Å². The molecule has 4 nitrogen and oxygen atoms in total. The van der Waals surface area contributed by atoms with Crippen LogP contribution >= 0.6 is 0 Å². The van der Waals surface area contributed by atoms with E-state index in [9.17, 15) is 9.18 Å². The molecule has 0 N–H and O–H groups in total. The summed E-state index contributed by atoms with van der Waals surface area (Å²) in [5.41, 5.74) is 3.82. The highest BCUT2D eigenvalue weighted by atomic mass is 19.1. The lowest BCUT2D eigenvalue weighted by Crippen LogP contribution is -2.00. The van der Waals surface area contributed by atoms with E-state index in [1.165, 1.54) is 6.07 Å². The van der Waals surface area contributed by atoms with Crippen LogP contribution in [0.2, 0.25) is 0 Å². The van der Waals surface area contributed by atoms with Crippen molar-refractivity contribution in [2.45, 2.75) is 27.0 Å². The zero-order chi connectivity index (χ0) is 22.2. The number of nitrogens with zero attached hydrogens (tertiary/aromatic N) is 1. The van der Waals surface area contributed by atoms with Crippen LogP contribution in [-0.2, 0) is 13.2 Å². The number of aryl methyl sites for hydroxylation is 2. The van der Waals surface area contributed by atoms with Gasteiger partial charge in [0.2, 0.25) is 5.78 Å². The molecule has 32 heavy (non-hydrogen) atoms. The number of aromatic nitrogens is 1. The topological polar surface area (TPSA) is 40.5 Å². The van der Waals surface area contributed by atoms with Gasteiger partial charge in [0.25, 0.3) is 0 Å². The fourth-order valence-electron chi connectivity index (χ4n) is 4.13. The highest BCUT2D eigenvalue weighted by Gasteiger charge is 2.30. The van der Waals surface area contributed by atoms with Crippen molar-refractivity contribution in [2.75, 3.05) is 0 Å². The molecule has 0 radical (unpaired) electrons. The number of fused-ring (bicyclic) bond motifs is 2. The molecule has 0 aliphatic carbocycles. The summed E-state index contributed by atoms with van der Waals surface area (Å²) >= 11 is 0. The summed E-state index contributed by atoms with van der Waals surface area (Å²) < 4.78 is 27.8. The largest absolute Gasteiger partial charge is 0.489 e. The van der Waals surface area contributed by atoms with Gasteiger partial charge < -0.3 is 14.0 Å². The summed E-state index contributed by atoms with van der Waals surface area (Å²) in [4.78, 5) is 13.1. The van der Waals surface area contributed by atoms with Crippen molar-refractivity contribution in [3.05, 3.63) is 101 Å². The van der Waals surface area contributed by atoms with E-state index in [4.69, 9.17) is 9.47 Å². The van der Waals surface area contributed by atoms with Gasteiger partial charge in [-0.3, -0.25) is 4.79 Å². The number of ketones is 1. The van der Waals surface area contributed by atoms with Crippen LogP contribution in [0.5, 0.6) is 11.5 Å². The lowest BCUT2D eigenvalue weighted by molar-refractivity contribution is 0.101. The lowest BCUT2D eigenvalue weighted by Gasteiger charge is -2.09. The van der Waals surface area contributed by atoms with Gasteiger partial charge >= 0.3 is 0 Å². The highest BCUT2D eigenvalue weighted by Crippen LogP contribution is 2.38. The molecule has 5 rings (SSSR count).